The monoisotopic (exact) mass is 214 g/mol. The molecule has 2 fully saturated rings. The van der Waals surface area contributed by atoms with Gasteiger partial charge in [0, 0.05) is 25.6 Å². The van der Waals surface area contributed by atoms with Gasteiger partial charge in [0.05, 0.1) is 12.1 Å². The van der Waals surface area contributed by atoms with E-state index in [1.165, 1.54) is 6.42 Å². The maximum absolute atomic E-state index is 10.6. The molecule has 2 saturated heterocycles. The topological polar surface area (TPSA) is 70.6 Å². The van der Waals surface area contributed by atoms with E-state index in [0.29, 0.717) is 5.92 Å². The number of hydrogen-bond acceptors (Lipinski definition) is 3. The van der Waals surface area contributed by atoms with Crippen LogP contribution in [-0.2, 0) is 4.74 Å². The molecule has 3 N–H and O–H groups in total. The fraction of sp³-hybridized carbons (Fsp3) is 0.900. The predicted octanol–water partition coefficient (Wildman–Crippen LogP) is 0.411. The molecule has 0 radical (unpaired) electrons. The van der Waals surface area contributed by atoms with Gasteiger partial charge in [-0.15, -0.1) is 0 Å². The average Bonchev–Trinajstić information content (AvgIpc) is 2.66. The molecule has 86 valence electrons. The maximum Gasteiger partial charge on any atom is 0.404 e. The van der Waals surface area contributed by atoms with Crippen molar-refractivity contribution in [3.8, 4) is 0 Å². The van der Waals surface area contributed by atoms with E-state index in [2.05, 4.69) is 10.6 Å². The van der Waals surface area contributed by atoms with Gasteiger partial charge in [-0.3, -0.25) is 0 Å². The molecular formula is C10H18N2O3. The number of carbonyl (C=O) groups is 1. The van der Waals surface area contributed by atoms with Gasteiger partial charge in [0.2, 0.25) is 0 Å². The molecule has 3 atom stereocenters. The highest BCUT2D eigenvalue weighted by molar-refractivity contribution is 5.65. The largest absolute Gasteiger partial charge is 0.465 e. The Morgan fingerprint density at radius 1 is 1.40 bits per heavy atom. The van der Waals surface area contributed by atoms with Crippen molar-refractivity contribution in [1.82, 2.24) is 10.6 Å². The van der Waals surface area contributed by atoms with Crippen LogP contribution in [0, 0.1) is 5.92 Å². The molecule has 5 nitrogen and oxygen atoms in total. The van der Waals surface area contributed by atoms with Crippen LogP contribution in [0.2, 0.25) is 0 Å². The Morgan fingerprint density at radius 3 is 2.93 bits per heavy atom. The molecule has 0 aromatic heterocycles. The van der Waals surface area contributed by atoms with Crippen LogP contribution in [0.4, 0.5) is 4.79 Å². The molecule has 0 saturated carbocycles. The van der Waals surface area contributed by atoms with Crippen LogP contribution < -0.4 is 10.6 Å². The Labute approximate surface area is 89.2 Å². The van der Waals surface area contributed by atoms with Crippen LogP contribution in [-0.4, -0.2) is 43.0 Å². The molecule has 2 heterocycles. The van der Waals surface area contributed by atoms with Crippen LogP contribution in [0.3, 0.4) is 0 Å². The van der Waals surface area contributed by atoms with Crippen molar-refractivity contribution in [2.24, 2.45) is 5.92 Å². The second kappa shape index (κ2) is 4.81. The molecule has 0 aliphatic carbocycles. The minimum atomic E-state index is -0.940. The van der Waals surface area contributed by atoms with Crippen molar-refractivity contribution in [3.63, 3.8) is 0 Å². The number of amides is 1. The first kappa shape index (κ1) is 10.7. The molecule has 0 bridgehead atoms. The van der Waals surface area contributed by atoms with Crippen molar-refractivity contribution in [2.45, 2.75) is 31.4 Å². The molecule has 0 aromatic carbocycles. The standard InChI is InChI=1S/C10H18N2O3/c13-10(14)12-8-6-11-5-7(8)9-3-1-2-4-15-9/h7-9,11-12H,1-6H2,(H,13,14). The minimum Gasteiger partial charge on any atom is -0.465 e. The first-order valence-corrected chi connectivity index (χ1v) is 5.59. The fourth-order valence-corrected chi connectivity index (χ4v) is 2.51. The summed E-state index contributed by atoms with van der Waals surface area (Å²) in [5.41, 5.74) is 0. The lowest BCUT2D eigenvalue weighted by Gasteiger charge is -2.30. The van der Waals surface area contributed by atoms with Gasteiger partial charge in [0.15, 0.2) is 0 Å². The molecule has 5 heteroatoms. The van der Waals surface area contributed by atoms with Crippen LogP contribution >= 0.6 is 0 Å². The van der Waals surface area contributed by atoms with E-state index in [-0.39, 0.29) is 12.1 Å². The van der Waals surface area contributed by atoms with E-state index in [0.717, 1.165) is 32.5 Å². The molecule has 2 aliphatic rings. The third-order valence-corrected chi connectivity index (χ3v) is 3.26. The number of rotatable bonds is 2. The summed E-state index contributed by atoms with van der Waals surface area (Å²) in [7, 11) is 0. The van der Waals surface area contributed by atoms with Crippen molar-refractivity contribution in [1.29, 1.82) is 0 Å². The molecule has 15 heavy (non-hydrogen) atoms. The van der Waals surface area contributed by atoms with Gasteiger partial charge in [0.1, 0.15) is 0 Å². The van der Waals surface area contributed by atoms with Crippen molar-refractivity contribution in [3.05, 3.63) is 0 Å². The van der Waals surface area contributed by atoms with Gasteiger partial charge in [-0.2, -0.15) is 0 Å². The van der Waals surface area contributed by atoms with Crippen LogP contribution in [0.5, 0.6) is 0 Å². The summed E-state index contributed by atoms with van der Waals surface area (Å²) in [4.78, 5) is 10.6. The average molecular weight is 214 g/mol. The van der Waals surface area contributed by atoms with Gasteiger partial charge in [-0.05, 0) is 19.3 Å². The Hall–Kier alpha value is -0.810. The van der Waals surface area contributed by atoms with E-state index in [1.54, 1.807) is 0 Å². The zero-order valence-electron chi connectivity index (χ0n) is 8.74. The summed E-state index contributed by atoms with van der Waals surface area (Å²) in [6.45, 7) is 2.40. The summed E-state index contributed by atoms with van der Waals surface area (Å²) in [6, 6.07) is 0.00519. The third-order valence-electron chi connectivity index (χ3n) is 3.26. The van der Waals surface area contributed by atoms with Crippen molar-refractivity contribution >= 4 is 6.09 Å². The summed E-state index contributed by atoms with van der Waals surface area (Å²) in [5, 5.41) is 14.5. The second-order valence-corrected chi connectivity index (χ2v) is 4.28. The zero-order valence-corrected chi connectivity index (χ0v) is 8.74. The van der Waals surface area contributed by atoms with E-state index >= 15 is 0 Å². The highest BCUT2D eigenvalue weighted by atomic mass is 16.5. The Morgan fingerprint density at radius 2 is 2.27 bits per heavy atom. The maximum atomic E-state index is 10.6. The van der Waals surface area contributed by atoms with E-state index in [4.69, 9.17) is 9.84 Å². The summed E-state index contributed by atoms with van der Waals surface area (Å²) in [5.74, 6) is 0.293. The Kier molecular flexibility index (Phi) is 3.43. The smallest absolute Gasteiger partial charge is 0.404 e. The summed E-state index contributed by atoms with van der Waals surface area (Å²) < 4.78 is 5.70. The van der Waals surface area contributed by atoms with Gasteiger partial charge in [0.25, 0.3) is 0 Å². The number of ether oxygens (including phenoxy) is 1. The lowest BCUT2D eigenvalue weighted by atomic mass is 9.92. The molecule has 2 rings (SSSR count). The number of carboxylic acid groups (broad SMARTS) is 1. The quantitative estimate of drug-likeness (QED) is 0.622. The van der Waals surface area contributed by atoms with Gasteiger partial charge >= 0.3 is 6.09 Å². The SMILES string of the molecule is O=C(O)NC1CNCC1C1CCCCO1. The highest BCUT2D eigenvalue weighted by Crippen LogP contribution is 2.24. The normalized spacial score (nSPS) is 36.4. The van der Waals surface area contributed by atoms with Crippen molar-refractivity contribution in [2.75, 3.05) is 19.7 Å². The van der Waals surface area contributed by atoms with Crippen LogP contribution in [0.1, 0.15) is 19.3 Å². The summed E-state index contributed by atoms with van der Waals surface area (Å²) in [6.07, 6.45) is 2.67. The second-order valence-electron chi connectivity index (χ2n) is 4.28. The third kappa shape index (κ3) is 2.60. The van der Waals surface area contributed by atoms with Gasteiger partial charge in [-0.25, -0.2) is 4.79 Å². The first-order valence-electron chi connectivity index (χ1n) is 5.59. The molecule has 0 spiro atoms. The van der Waals surface area contributed by atoms with E-state index in [1.807, 2.05) is 0 Å². The molecule has 3 unspecified atom stereocenters. The molecule has 2 aliphatic heterocycles. The Balaban J connectivity index is 1.91. The van der Waals surface area contributed by atoms with Crippen LogP contribution in [0.25, 0.3) is 0 Å². The first-order chi connectivity index (χ1) is 7.27. The minimum absolute atomic E-state index is 0.00519. The Bertz CT molecular complexity index is 229. The predicted molar refractivity (Wildman–Crippen MR) is 54.9 cm³/mol. The highest BCUT2D eigenvalue weighted by Gasteiger charge is 2.35. The van der Waals surface area contributed by atoms with Crippen LogP contribution in [0.15, 0.2) is 0 Å². The number of nitrogens with one attached hydrogen (secondary N) is 2. The zero-order chi connectivity index (χ0) is 10.7. The molecule has 0 aromatic rings. The van der Waals surface area contributed by atoms with Crippen molar-refractivity contribution < 1.29 is 14.6 Å². The van der Waals surface area contributed by atoms with E-state index < -0.39 is 6.09 Å². The number of hydrogen-bond donors (Lipinski definition) is 3. The molecular weight excluding hydrogens is 196 g/mol. The van der Waals surface area contributed by atoms with Gasteiger partial charge < -0.3 is 20.5 Å². The lowest BCUT2D eigenvalue weighted by molar-refractivity contribution is -0.0214. The molecule has 1 amide bonds. The van der Waals surface area contributed by atoms with E-state index in [9.17, 15) is 4.79 Å². The fourth-order valence-electron chi connectivity index (χ4n) is 2.51. The lowest BCUT2D eigenvalue weighted by Crippen LogP contribution is -2.45. The van der Waals surface area contributed by atoms with Gasteiger partial charge in [-0.1, -0.05) is 0 Å². The summed E-state index contributed by atoms with van der Waals surface area (Å²) >= 11 is 0.